The number of halogens is 1. The van der Waals surface area contributed by atoms with Gasteiger partial charge in [0.15, 0.2) is 0 Å². The maximum Gasteiger partial charge on any atom is 0.343 e. The van der Waals surface area contributed by atoms with Crippen LogP contribution in [-0.4, -0.2) is 41.3 Å². The van der Waals surface area contributed by atoms with Crippen molar-refractivity contribution in [1.82, 2.24) is 10.3 Å². The molecule has 2 N–H and O–H groups in total. The van der Waals surface area contributed by atoms with E-state index in [9.17, 15) is 14.7 Å². The van der Waals surface area contributed by atoms with Gasteiger partial charge in [0.2, 0.25) is 5.91 Å². The van der Waals surface area contributed by atoms with Crippen molar-refractivity contribution in [3.63, 3.8) is 0 Å². The summed E-state index contributed by atoms with van der Waals surface area (Å²) in [5.41, 5.74) is 5.22. The lowest BCUT2D eigenvalue weighted by atomic mass is 9.86. The van der Waals surface area contributed by atoms with E-state index in [0.717, 1.165) is 36.5 Å². The van der Waals surface area contributed by atoms with E-state index >= 15 is 0 Å². The van der Waals surface area contributed by atoms with E-state index in [2.05, 4.69) is 15.4 Å². The summed E-state index contributed by atoms with van der Waals surface area (Å²) in [6.07, 6.45) is 3.56. The summed E-state index contributed by atoms with van der Waals surface area (Å²) in [6, 6.07) is 26.1. The molecule has 1 amide bonds. The monoisotopic (exact) mass is 559 g/mol. The summed E-state index contributed by atoms with van der Waals surface area (Å²) < 4.78 is 5.63. The number of fused-ring (bicyclic) bond motifs is 1. The first-order valence-electron chi connectivity index (χ1n) is 13.5. The molecule has 0 radical (unpaired) electrons. The predicted molar refractivity (Wildman–Crippen MR) is 160 cm³/mol. The molecule has 1 saturated heterocycles. The molecule has 1 fully saturated rings. The van der Waals surface area contributed by atoms with Crippen molar-refractivity contribution in [3.05, 3.63) is 112 Å². The smallest absolute Gasteiger partial charge is 0.343 e. The van der Waals surface area contributed by atoms with Crippen molar-refractivity contribution in [2.75, 3.05) is 19.6 Å². The highest BCUT2D eigenvalue weighted by Gasteiger charge is 2.27. The summed E-state index contributed by atoms with van der Waals surface area (Å²) in [5, 5.41) is 16.3. The van der Waals surface area contributed by atoms with E-state index in [0.29, 0.717) is 23.8 Å². The predicted octanol–water partition coefficient (Wildman–Crippen LogP) is 5.64. The van der Waals surface area contributed by atoms with Crippen molar-refractivity contribution in [2.24, 2.45) is 5.10 Å². The molecule has 7 nitrogen and oxygen atoms in total. The number of hydrogen-bond donors (Lipinski definition) is 2. The second-order valence-electron chi connectivity index (χ2n) is 9.99. The van der Waals surface area contributed by atoms with E-state index in [1.807, 2.05) is 60.7 Å². The Morgan fingerprint density at radius 2 is 1.60 bits per heavy atom. The van der Waals surface area contributed by atoms with E-state index in [-0.39, 0.29) is 36.0 Å². The van der Waals surface area contributed by atoms with Crippen LogP contribution in [0.15, 0.2) is 99.2 Å². The third kappa shape index (κ3) is 7.17. The molecule has 0 saturated carbocycles. The molecular weight excluding hydrogens is 526 g/mol. The standard InChI is InChI=1S/C32H33N3O4.ClH/c36-29(21-23-11-3-1-4-12-23)34-33-25(17-20-35-18-9-10-19-35)22-27(24-13-5-2-6-14-24)30-31(37)26-15-7-8-16-28(26)39-32(30)38;/h1-8,11-16,27,37H,9-10,17-22H2,(H,34,36);1H/b33-25+;. The lowest BCUT2D eigenvalue weighted by Gasteiger charge is -2.21. The number of rotatable bonds is 10. The largest absolute Gasteiger partial charge is 0.507 e. The molecule has 0 aliphatic carbocycles. The average Bonchev–Trinajstić information content (AvgIpc) is 3.48. The fraction of sp³-hybridized carbons (Fsp3) is 0.281. The maximum atomic E-state index is 13.2. The Kier molecular flexibility index (Phi) is 10.1. The number of hydrazone groups is 1. The Morgan fingerprint density at radius 3 is 2.33 bits per heavy atom. The molecule has 40 heavy (non-hydrogen) atoms. The Hall–Kier alpha value is -3.94. The summed E-state index contributed by atoms with van der Waals surface area (Å²) in [6.45, 7) is 2.91. The molecular formula is C32H34ClN3O4. The van der Waals surface area contributed by atoms with Crippen LogP contribution in [0.2, 0.25) is 0 Å². The van der Waals surface area contributed by atoms with Gasteiger partial charge in [-0.1, -0.05) is 72.8 Å². The minimum atomic E-state index is -0.577. The van der Waals surface area contributed by atoms with E-state index < -0.39 is 11.5 Å². The molecule has 1 aliphatic heterocycles. The minimum Gasteiger partial charge on any atom is -0.507 e. The number of nitrogens with zero attached hydrogens (tertiary/aromatic N) is 2. The third-order valence-electron chi connectivity index (χ3n) is 7.27. The number of carbonyl (C=O) groups is 1. The molecule has 208 valence electrons. The summed E-state index contributed by atoms with van der Waals surface area (Å²) in [5.74, 6) is -0.790. The van der Waals surface area contributed by atoms with E-state index in [1.54, 1.807) is 24.3 Å². The molecule has 0 spiro atoms. The lowest BCUT2D eigenvalue weighted by Crippen LogP contribution is -2.27. The zero-order valence-corrected chi connectivity index (χ0v) is 23.1. The maximum absolute atomic E-state index is 13.2. The summed E-state index contributed by atoms with van der Waals surface area (Å²) >= 11 is 0. The average molecular weight is 560 g/mol. The highest BCUT2D eigenvalue weighted by atomic mass is 35.5. The van der Waals surface area contributed by atoms with Crippen LogP contribution >= 0.6 is 12.4 Å². The Balaban J connectivity index is 0.00000370. The molecule has 1 unspecified atom stereocenters. The van der Waals surface area contributed by atoms with Crippen LogP contribution < -0.4 is 11.1 Å². The number of amides is 1. The van der Waals surface area contributed by atoms with Gasteiger partial charge >= 0.3 is 5.63 Å². The van der Waals surface area contributed by atoms with Crippen molar-refractivity contribution < 1.29 is 14.3 Å². The van der Waals surface area contributed by atoms with Gasteiger partial charge in [-0.2, -0.15) is 5.10 Å². The Bertz CT molecular complexity index is 1500. The summed E-state index contributed by atoms with van der Waals surface area (Å²) in [7, 11) is 0. The number of para-hydroxylation sites is 1. The summed E-state index contributed by atoms with van der Waals surface area (Å²) in [4.78, 5) is 28.4. The first-order chi connectivity index (χ1) is 19.1. The molecule has 3 aromatic carbocycles. The van der Waals surface area contributed by atoms with Crippen molar-refractivity contribution in [1.29, 1.82) is 0 Å². The van der Waals surface area contributed by atoms with Crippen LogP contribution in [0.1, 0.15) is 48.3 Å². The number of carbonyl (C=O) groups excluding carboxylic acids is 1. The van der Waals surface area contributed by atoms with Gasteiger partial charge in [0.25, 0.3) is 0 Å². The lowest BCUT2D eigenvalue weighted by molar-refractivity contribution is -0.120. The van der Waals surface area contributed by atoms with Crippen molar-refractivity contribution >= 4 is 35.0 Å². The second kappa shape index (κ2) is 13.9. The molecule has 2 heterocycles. The fourth-order valence-electron chi connectivity index (χ4n) is 5.22. The number of aromatic hydroxyl groups is 1. The van der Waals surface area contributed by atoms with Gasteiger partial charge in [0, 0.05) is 24.6 Å². The topological polar surface area (TPSA) is 95.1 Å². The van der Waals surface area contributed by atoms with Crippen LogP contribution in [0.4, 0.5) is 0 Å². The Morgan fingerprint density at radius 1 is 0.950 bits per heavy atom. The van der Waals surface area contributed by atoms with Gasteiger partial charge in [-0.15, -0.1) is 12.4 Å². The van der Waals surface area contributed by atoms with E-state index in [1.165, 1.54) is 12.8 Å². The molecule has 4 aromatic rings. The van der Waals surface area contributed by atoms with Crippen LogP contribution in [0.3, 0.4) is 0 Å². The van der Waals surface area contributed by atoms with Gasteiger partial charge in [-0.25, -0.2) is 10.2 Å². The molecule has 1 atom stereocenters. The van der Waals surface area contributed by atoms with Gasteiger partial charge in [0.1, 0.15) is 11.3 Å². The van der Waals surface area contributed by atoms with Gasteiger partial charge in [-0.3, -0.25) is 4.79 Å². The van der Waals surface area contributed by atoms with Gasteiger partial charge < -0.3 is 14.4 Å². The van der Waals surface area contributed by atoms with Crippen LogP contribution in [0.5, 0.6) is 5.75 Å². The van der Waals surface area contributed by atoms with Crippen LogP contribution in [0, 0.1) is 0 Å². The fourth-order valence-corrected chi connectivity index (χ4v) is 5.22. The van der Waals surface area contributed by atoms with E-state index in [4.69, 9.17) is 4.42 Å². The first kappa shape index (κ1) is 29.1. The normalized spacial score (nSPS) is 14.6. The minimum absolute atomic E-state index is 0. The number of hydrogen-bond acceptors (Lipinski definition) is 6. The molecule has 1 aliphatic rings. The molecule has 8 heteroatoms. The highest BCUT2D eigenvalue weighted by molar-refractivity contribution is 5.89. The van der Waals surface area contributed by atoms with Gasteiger partial charge in [0.05, 0.1) is 17.4 Å². The number of benzene rings is 3. The zero-order valence-electron chi connectivity index (χ0n) is 22.3. The Labute approximate surface area is 239 Å². The first-order valence-corrected chi connectivity index (χ1v) is 13.5. The number of likely N-dealkylation sites (tertiary alicyclic amines) is 1. The van der Waals surface area contributed by atoms with Crippen LogP contribution in [0.25, 0.3) is 11.0 Å². The molecule has 5 rings (SSSR count). The molecule has 0 bridgehead atoms. The van der Waals surface area contributed by atoms with Crippen molar-refractivity contribution in [3.8, 4) is 5.75 Å². The molecule has 1 aromatic heterocycles. The SMILES string of the molecule is Cl.O=C(Cc1ccccc1)N/N=C(\CCN1CCCC1)CC(c1ccccc1)c1c(O)c2ccccc2oc1=O. The van der Waals surface area contributed by atoms with Crippen molar-refractivity contribution in [2.45, 2.75) is 38.0 Å². The zero-order chi connectivity index (χ0) is 27.0. The number of nitrogens with one attached hydrogen (secondary N) is 1. The van der Waals surface area contributed by atoms with Gasteiger partial charge in [-0.05, 0) is 55.6 Å². The van der Waals surface area contributed by atoms with Crippen LogP contribution in [-0.2, 0) is 11.2 Å². The quantitative estimate of drug-likeness (QED) is 0.149. The second-order valence-corrected chi connectivity index (χ2v) is 9.99. The highest BCUT2D eigenvalue weighted by Crippen LogP contribution is 2.36. The third-order valence-corrected chi connectivity index (χ3v) is 7.27.